The van der Waals surface area contributed by atoms with E-state index in [0.717, 1.165) is 15.7 Å². The third-order valence-electron chi connectivity index (χ3n) is 4.85. The van der Waals surface area contributed by atoms with Crippen molar-refractivity contribution in [3.8, 4) is 22.1 Å². The topological polar surface area (TPSA) is 116 Å². The number of nitro groups is 1. The van der Waals surface area contributed by atoms with Crippen molar-refractivity contribution in [1.82, 2.24) is 10.3 Å². The summed E-state index contributed by atoms with van der Waals surface area (Å²) < 4.78 is 10.4. The van der Waals surface area contributed by atoms with Crippen LogP contribution >= 0.6 is 22.7 Å². The molecule has 0 atom stereocenters. The number of carbonyl (C=O) groups excluding carboxylic acids is 1. The molecule has 11 heteroatoms. The molecule has 0 radical (unpaired) electrons. The summed E-state index contributed by atoms with van der Waals surface area (Å²) in [7, 11) is 2.90. The number of rotatable bonds is 12. The van der Waals surface area contributed by atoms with Crippen LogP contribution in [0.3, 0.4) is 0 Å². The number of hydrogen-bond acceptors (Lipinski definition) is 9. The SMILES string of the molecule is COc1cc(CCNC(=O)CCCNc2nc(-c3ccc(C)s3)cs2)c([N+](=O)[O-])cc1OC. The van der Waals surface area contributed by atoms with E-state index in [1.165, 1.54) is 25.2 Å². The van der Waals surface area contributed by atoms with E-state index >= 15 is 0 Å². The number of hydrogen-bond donors (Lipinski definition) is 2. The molecule has 2 N–H and O–H groups in total. The normalized spacial score (nSPS) is 10.6. The fourth-order valence-electron chi connectivity index (χ4n) is 3.19. The summed E-state index contributed by atoms with van der Waals surface area (Å²) in [6, 6.07) is 7.06. The molecule has 33 heavy (non-hydrogen) atoms. The number of aromatic nitrogens is 1. The zero-order valence-corrected chi connectivity index (χ0v) is 20.3. The van der Waals surface area contributed by atoms with Crippen LogP contribution in [0.4, 0.5) is 10.8 Å². The Bertz CT molecular complexity index is 1110. The Morgan fingerprint density at radius 2 is 1.94 bits per heavy atom. The maximum Gasteiger partial charge on any atom is 0.276 e. The average Bonchev–Trinajstić information content (AvgIpc) is 3.45. The molecule has 0 bridgehead atoms. The van der Waals surface area contributed by atoms with Gasteiger partial charge in [0.05, 0.1) is 35.8 Å². The first-order chi connectivity index (χ1) is 15.9. The standard InChI is InChI=1S/C22H26N4O5S2/c1-14-6-7-20(33-14)16-13-32-22(25-16)24-9-4-5-21(27)23-10-8-15-11-18(30-2)19(31-3)12-17(15)26(28)29/h6-7,11-13H,4-5,8-10H2,1-3H3,(H,23,27)(H,24,25). The molecule has 2 aromatic heterocycles. The highest BCUT2D eigenvalue weighted by molar-refractivity contribution is 7.16. The van der Waals surface area contributed by atoms with Gasteiger partial charge in [-0.3, -0.25) is 14.9 Å². The van der Waals surface area contributed by atoms with Crippen LogP contribution in [0.5, 0.6) is 11.5 Å². The lowest BCUT2D eigenvalue weighted by Gasteiger charge is -2.11. The number of thiazole rings is 1. The highest BCUT2D eigenvalue weighted by Gasteiger charge is 2.19. The maximum absolute atomic E-state index is 12.1. The highest BCUT2D eigenvalue weighted by Crippen LogP contribution is 2.34. The van der Waals surface area contributed by atoms with Crippen LogP contribution < -0.4 is 20.1 Å². The first kappa shape index (κ1) is 24.5. The Balaban J connectivity index is 1.41. The second kappa shape index (κ2) is 11.6. The van der Waals surface area contributed by atoms with Crippen LogP contribution in [0, 0.1) is 17.0 Å². The predicted octanol–water partition coefficient (Wildman–Crippen LogP) is 4.66. The van der Waals surface area contributed by atoms with Gasteiger partial charge in [0.2, 0.25) is 5.91 Å². The quantitative estimate of drug-likeness (QED) is 0.216. The molecule has 9 nitrogen and oxygen atoms in total. The number of nitro benzene ring substituents is 1. The molecule has 1 aromatic carbocycles. The summed E-state index contributed by atoms with van der Waals surface area (Å²) in [5.74, 6) is 0.603. The van der Waals surface area contributed by atoms with E-state index in [-0.39, 0.29) is 11.6 Å². The van der Waals surface area contributed by atoms with Crippen LogP contribution in [-0.4, -0.2) is 43.1 Å². The third-order valence-corrected chi connectivity index (χ3v) is 6.68. The van der Waals surface area contributed by atoms with Gasteiger partial charge in [0.15, 0.2) is 16.6 Å². The Hall–Kier alpha value is -3.18. The van der Waals surface area contributed by atoms with Gasteiger partial charge in [0.25, 0.3) is 5.69 Å². The molecule has 0 aliphatic heterocycles. The zero-order valence-electron chi connectivity index (χ0n) is 18.7. The van der Waals surface area contributed by atoms with Crippen molar-refractivity contribution in [2.75, 3.05) is 32.6 Å². The van der Waals surface area contributed by atoms with Gasteiger partial charge in [0.1, 0.15) is 0 Å². The van der Waals surface area contributed by atoms with Crippen molar-refractivity contribution in [3.63, 3.8) is 0 Å². The number of anilines is 1. The van der Waals surface area contributed by atoms with Crippen molar-refractivity contribution in [1.29, 1.82) is 0 Å². The van der Waals surface area contributed by atoms with Gasteiger partial charge in [0, 0.05) is 35.3 Å². The molecular weight excluding hydrogens is 464 g/mol. The zero-order chi connectivity index (χ0) is 23.8. The maximum atomic E-state index is 12.1. The van der Waals surface area contributed by atoms with Gasteiger partial charge < -0.3 is 20.1 Å². The van der Waals surface area contributed by atoms with E-state index in [4.69, 9.17) is 9.47 Å². The fraction of sp³-hybridized carbons (Fsp3) is 0.364. The Morgan fingerprint density at radius 3 is 2.61 bits per heavy atom. The first-order valence-electron chi connectivity index (χ1n) is 10.3. The molecular formula is C22H26N4O5S2. The van der Waals surface area contributed by atoms with Crippen LogP contribution in [-0.2, 0) is 11.2 Å². The average molecular weight is 491 g/mol. The number of ether oxygens (including phenoxy) is 2. The lowest BCUT2D eigenvalue weighted by atomic mass is 10.1. The second-order valence-corrected chi connectivity index (χ2v) is 9.32. The summed E-state index contributed by atoms with van der Waals surface area (Å²) in [5, 5.41) is 20.3. The van der Waals surface area contributed by atoms with Crippen molar-refractivity contribution in [2.24, 2.45) is 0 Å². The first-order valence-corrected chi connectivity index (χ1v) is 12.0. The summed E-state index contributed by atoms with van der Waals surface area (Å²) in [5.41, 5.74) is 1.37. The van der Waals surface area contributed by atoms with E-state index in [9.17, 15) is 14.9 Å². The van der Waals surface area contributed by atoms with Crippen LogP contribution in [0.25, 0.3) is 10.6 Å². The minimum atomic E-state index is -0.464. The predicted molar refractivity (Wildman–Crippen MR) is 131 cm³/mol. The van der Waals surface area contributed by atoms with E-state index in [1.807, 2.05) is 5.38 Å². The molecule has 0 fully saturated rings. The van der Waals surface area contributed by atoms with E-state index in [1.54, 1.807) is 28.7 Å². The van der Waals surface area contributed by atoms with Gasteiger partial charge in [-0.15, -0.1) is 22.7 Å². The number of methoxy groups -OCH3 is 2. The molecule has 176 valence electrons. The molecule has 3 aromatic rings. The van der Waals surface area contributed by atoms with Gasteiger partial charge in [-0.2, -0.15) is 0 Å². The Labute approximate surface area is 199 Å². The minimum Gasteiger partial charge on any atom is -0.493 e. The molecule has 1 amide bonds. The molecule has 0 unspecified atom stereocenters. The second-order valence-electron chi connectivity index (χ2n) is 7.17. The monoisotopic (exact) mass is 490 g/mol. The lowest BCUT2D eigenvalue weighted by molar-refractivity contribution is -0.385. The number of aryl methyl sites for hydroxylation is 1. The van der Waals surface area contributed by atoms with Crippen molar-refractivity contribution >= 4 is 39.4 Å². The molecule has 0 aliphatic carbocycles. The van der Waals surface area contributed by atoms with Crippen LogP contribution in [0.1, 0.15) is 23.3 Å². The number of thiophene rings is 1. The summed E-state index contributed by atoms with van der Waals surface area (Å²) >= 11 is 3.25. The summed E-state index contributed by atoms with van der Waals surface area (Å²) in [6.45, 7) is 2.99. The fourth-order valence-corrected chi connectivity index (χ4v) is 4.83. The molecule has 2 heterocycles. The molecule has 0 saturated carbocycles. The van der Waals surface area contributed by atoms with Crippen molar-refractivity contribution in [2.45, 2.75) is 26.2 Å². The minimum absolute atomic E-state index is 0.0633. The molecule has 3 rings (SSSR count). The number of benzene rings is 1. The molecule has 0 spiro atoms. The van der Waals surface area contributed by atoms with Gasteiger partial charge in [-0.25, -0.2) is 4.98 Å². The summed E-state index contributed by atoms with van der Waals surface area (Å²) in [6.07, 6.45) is 1.31. The Kier molecular flexibility index (Phi) is 8.61. The van der Waals surface area contributed by atoms with E-state index in [0.29, 0.717) is 49.4 Å². The third kappa shape index (κ3) is 6.65. The van der Waals surface area contributed by atoms with Crippen molar-refractivity contribution < 1.29 is 19.2 Å². The molecule has 0 aliphatic rings. The smallest absolute Gasteiger partial charge is 0.276 e. The van der Waals surface area contributed by atoms with Gasteiger partial charge in [-0.05, 0) is 38.0 Å². The highest BCUT2D eigenvalue weighted by atomic mass is 32.1. The Morgan fingerprint density at radius 1 is 1.18 bits per heavy atom. The largest absolute Gasteiger partial charge is 0.493 e. The summed E-state index contributed by atoms with van der Waals surface area (Å²) in [4.78, 5) is 30.0. The van der Waals surface area contributed by atoms with Crippen LogP contribution in [0.15, 0.2) is 29.6 Å². The lowest BCUT2D eigenvalue weighted by Crippen LogP contribution is -2.26. The number of nitrogens with one attached hydrogen (secondary N) is 2. The van der Waals surface area contributed by atoms with Crippen molar-refractivity contribution in [3.05, 3.63) is 50.2 Å². The molecule has 0 saturated heterocycles. The number of amides is 1. The van der Waals surface area contributed by atoms with E-state index < -0.39 is 4.92 Å². The number of carbonyl (C=O) groups is 1. The van der Waals surface area contributed by atoms with Gasteiger partial charge >= 0.3 is 0 Å². The van der Waals surface area contributed by atoms with E-state index in [2.05, 4.69) is 34.7 Å². The van der Waals surface area contributed by atoms with Gasteiger partial charge in [-0.1, -0.05) is 0 Å². The van der Waals surface area contributed by atoms with Crippen LogP contribution in [0.2, 0.25) is 0 Å². The number of nitrogens with zero attached hydrogens (tertiary/aromatic N) is 2.